The lowest BCUT2D eigenvalue weighted by Gasteiger charge is -2.31. The van der Waals surface area contributed by atoms with Crippen LogP contribution in [-0.2, 0) is 5.41 Å². The van der Waals surface area contributed by atoms with Gasteiger partial charge in [-0.15, -0.1) is 0 Å². The van der Waals surface area contributed by atoms with Crippen LogP contribution in [0.25, 0.3) is 77.6 Å². The Bertz CT molecular complexity index is 3840. The van der Waals surface area contributed by atoms with E-state index in [2.05, 4.69) is 285 Å². The molecule has 0 fully saturated rings. The summed E-state index contributed by atoms with van der Waals surface area (Å²) in [7, 11) is 0. The van der Waals surface area contributed by atoms with Crippen molar-refractivity contribution in [1.82, 2.24) is 0 Å². The molecule has 12 aromatic rings. The average Bonchev–Trinajstić information content (AvgIpc) is 3.94. The van der Waals surface area contributed by atoms with Crippen LogP contribution in [0.1, 0.15) is 25.0 Å². The van der Waals surface area contributed by atoms with Crippen molar-refractivity contribution < 1.29 is 4.42 Å². The van der Waals surface area contributed by atoms with Crippen LogP contribution in [-0.4, -0.2) is 0 Å². The summed E-state index contributed by atoms with van der Waals surface area (Å²) in [5, 5.41) is 2.17. The molecule has 0 atom stereocenters. The lowest BCUT2D eigenvalue weighted by molar-refractivity contribution is 0.660. The van der Waals surface area contributed by atoms with Crippen LogP contribution in [0.4, 0.5) is 34.1 Å². The predicted octanol–water partition coefficient (Wildman–Crippen LogP) is 19.5. The highest BCUT2D eigenvalue weighted by atomic mass is 16.3. The summed E-state index contributed by atoms with van der Waals surface area (Å²) >= 11 is 0. The van der Waals surface area contributed by atoms with E-state index < -0.39 is 0 Å². The zero-order valence-electron chi connectivity index (χ0n) is 40.2. The third kappa shape index (κ3) is 7.37. The zero-order chi connectivity index (χ0) is 48.2. The Kier molecular flexibility index (Phi) is 10.5. The van der Waals surface area contributed by atoms with Gasteiger partial charge in [0.15, 0.2) is 5.58 Å². The van der Waals surface area contributed by atoms with Gasteiger partial charge < -0.3 is 14.2 Å². The predicted molar refractivity (Wildman–Crippen MR) is 302 cm³/mol. The summed E-state index contributed by atoms with van der Waals surface area (Å²) in [4.78, 5) is 4.79. The van der Waals surface area contributed by atoms with Crippen molar-refractivity contribution in [2.45, 2.75) is 19.3 Å². The number of hydrogen-bond donors (Lipinski definition) is 0. The zero-order valence-corrected chi connectivity index (χ0v) is 40.2. The minimum Gasteiger partial charge on any atom is -0.454 e. The molecule has 0 bridgehead atoms. The maximum atomic E-state index is 6.91. The Morgan fingerprint density at radius 1 is 0.306 bits per heavy atom. The largest absolute Gasteiger partial charge is 0.454 e. The van der Waals surface area contributed by atoms with Gasteiger partial charge in [-0.3, -0.25) is 0 Å². The molecule has 0 radical (unpaired) electrons. The van der Waals surface area contributed by atoms with Gasteiger partial charge in [0.2, 0.25) is 0 Å². The van der Waals surface area contributed by atoms with Gasteiger partial charge >= 0.3 is 0 Å². The lowest BCUT2D eigenvalue weighted by Crippen LogP contribution is -2.17. The molecule has 1 heterocycles. The molecule has 13 rings (SSSR count). The molecule has 0 saturated carbocycles. The van der Waals surface area contributed by atoms with Crippen molar-refractivity contribution in [3.8, 4) is 55.6 Å². The highest BCUT2D eigenvalue weighted by molar-refractivity contribution is 6.10. The molecule has 0 unspecified atom stereocenters. The van der Waals surface area contributed by atoms with Crippen LogP contribution >= 0.6 is 0 Å². The Morgan fingerprint density at radius 2 is 0.819 bits per heavy atom. The number of para-hydroxylation sites is 4. The van der Waals surface area contributed by atoms with Crippen LogP contribution < -0.4 is 9.80 Å². The van der Waals surface area contributed by atoms with Crippen molar-refractivity contribution in [3.05, 3.63) is 278 Å². The molecule has 0 aliphatic heterocycles. The Morgan fingerprint density at radius 3 is 1.49 bits per heavy atom. The van der Waals surface area contributed by atoms with Gasteiger partial charge in [0.25, 0.3) is 0 Å². The van der Waals surface area contributed by atoms with Gasteiger partial charge in [-0.1, -0.05) is 214 Å². The fraction of sp³-hybridized carbons (Fsp3) is 0.0435. The first-order chi connectivity index (χ1) is 35.5. The average molecular weight is 923 g/mol. The maximum Gasteiger partial charge on any atom is 0.159 e. The summed E-state index contributed by atoms with van der Waals surface area (Å²) in [6.07, 6.45) is 0. The van der Waals surface area contributed by atoms with E-state index in [4.69, 9.17) is 4.42 Å². The van der Waals surface area contributed by atoms with Gasteiger partial charge in [0.1, 0.15) is 5.58 Å². The van der Waals surface area contributed by atoms with Crippen molar-refractivity contribution in [3.63, 3.8) is 0 Å². The van der Waals surface area contributed by atoms with Gasteiger partial charge in [0.05, 0.1) is 5.69 Å². The van der Waals surface area contributed by atoms with Crippen molar-refractivity contribution in [2.75, 3.05) is 9.80 Å². The van der Waals surface area contributed by atoms with E-state index in [0.29, 0.717) is 0 Å². The molecule has 342 valence electrons. The third-order valence-electron chi connectivity index (χ3n) is 14.6. The fourth-order valence-corrected chi connectivity index (χ4v) is 11.2. The number of hydrogen-bond acceptors (Lipinski definition) is 3. The minimum atomic E-state index is -0.204. The first kappa shape index (κ1) is 42.9. The number of fused-ring (bicyclic) bond motifs is 6. The van der Waals surface area contributed by atoms with Crippen LogP contribution in [0.3, 0.4) is 0 Å². The second kappa shape index (κ2) is 17.7. The Hall–Kier alpha value is -9.18. The van der Waals surface area contributed by atoms with Gasteiger partial charge in [0, 0.05) is 44.6 Å². The summed E-state index contributed by atoms with van der Waals surface area (Å²) in [6, 6.07) is 96.6. The van der Waals surface area contributed by atoms with Crippen LogP contribution in [0, 0.1) is 0 Å². The molecule has 0 spiro atoms. The summed E-state index contributed by atoms with van der Waals surface area (Å²) in [5.74, 6) is 0. The molecule has 0 N–H and O–H groups in total. The molecular formula is C69H50N2O. The summed E-state index contributed by atoms with van der Waals surface area (Å²) in [5.41, 5.74) is 22.2. The molecule has 11 aromatic carbocycles. The summed E-state index contributed by atoms with van der Waals surface area (Å²) in [6.45, 7) is 4.71. The van der Waals surface area contributed by atoms with Crippen molar-refractivity contribution in [1.29, 1.82) is 0 Å². The Labute approximate surface area is 421 Å². The SMILES string of the molecule is CC1(C)c2ccccc2-c2ccc(N(c3cc(-c4ccc(-c5c(-c6ccccc6)cccc5-c5ccccc5)cc4)cc(N(c4ccccc4)c4ccccc4)c3)c3cccc4c3oc3ccccc34)cc21. The topological polar surface area (TPSA) is 19.6 Å². The van der Waals surface area contributed by atoms with E-state index in [-0.39, 0.29) is 5.41 Å². The van der Waals surface area contributed by atoms with Crippen molar-refractivity contribution >= 4 is 56.1 Å². The number of nitrogens with zero attached hydrogens (tertiary/aromatic N) is 2. The Balaban J connectivity index is 1.05. The highest BCUT2D eigenvalue weighted by Crippen LogP contribution is 2.52. The molecular weight excluding hydrogens is 873 g/mol. The normalized spacial score (nSPS) is 12.4. The monoisotopic (exact) mass is 922 g/mol. The highest BCUT2D eigenvalue weighted by Gasteiger charge is 2.36. The third-order valence-corrected chi connectivity index (χ3v) is 14.6. The molecule has 3 nitrogen and oxygen atoms in total. The lowest BCUT2D eigenvalue weighted by atomic mass is 9.82. The number of furan rings is 1. The van der Waals surface area contributed by atoms with E-state index in [1.807, 2.05) is 6.07 Å². The standard InChI is InChI=1S/C69H50N2O/c1-69(2)63-34-17-15-29-59(63)60-42-41-54(46-64(60)69)71(65-35-20-33-62-61-30-16-18-36-66(61)72-68(62)65)56-44-51(43-55(45-56)70(52-25-11-5-12-26-52)53-27-13-6-14-28-53)47-37-39-50(40-38-47)67-57(48-21-7-3-8-22-48)31-19-32-58(67)49-23-9-4-10-24-49/h3-46H,1-2H3. The molecule has 3 heteroatoms. The van der Waals surface area contributed by atoms with Crippen LogP contribution in [0.15, 0.2) is 271 Å². The van der Waals surface area contributed by atoms with Gasteiger partial charge in [-0.2, -0.15) is 0 Å². The molecule has 1 aliphatic carbocycles. The van der Waals surface area contributed by atoms with Crippen LogP contribution in [0.2, 0.25) is 0 Å². The number of anilines is 6. The van der Waals surface area contributed by atoms with E-state index in [1.54, 1.807) is 0 Å². The summed E-state index contributed by atoms with van der Waals surface area (Å²) < 4.78 is 6.91. The van der Waals surface area contributed by atoms with Crippen molar-refractivity contribution in [2.24, 2.45) is 0 Å². The van der Waals surface area contributed by atoms with Gasteiger partial charge in [-0.05, 0) is 133 Å². The van der Waals surface area contributed by atoms with E-state index >= 15 is 0 Å². The van der Waals surface area contributed by atoms with Gasteiger partial charge in [-0.25, -0.2) is 0 Å². The van der Waals surface area contributed by atoms with E-state index in [1.165, 1.54) is 50.1 Å². The first-order valence-electron chi connectivity index (χ1n) is 24.8. The molecule has 0 amide bonds. The minimum absolute atomic E-state index is 0.204. The van der Waals surface area contributed by atoms with E-state index in [0.717, 1.165) is 72.8 Å². The number of rotatable bonds is 10. The number of benzene rings is 11. The molecule has 0 saturated heterocycles. The molecule has 72 heavy (non-hydrogen) atoms. The second-order valence-corrected chi connectivity index (χ2v) is 19.3. The maximum absolute atomic E-state index is 6.91. The quantitative estimate of drug-likeness (QED) is 0.136. The van der Waals surface area contributed by atoms with E-state index in [9.17, 15) is 0 Å². The smallest absolute Gasteiger partial charge is 0.159 e. The molecule has 1 aromatic heterocycles. The second-order valence-electron chi connectivity index (χ2n) is 19.3. The molecule has 1 aliphatic rings. The first-order valence-corrected chi connectivity index (χ1v) is 24.8. The fourth-order valence-electron chi connectivity index (χ4n) is 11.2. The van der Waals surface area contributed by atoms with Crippen LogP contribution in [0.5, 0.6) is 0 Å².